The van der Waals surface area contributed by atoms with Crippen LogP contribution in [0.25, 0.3) is 16.8 Å². The molecule has 0 spiro atoms. The SMILES string of the molecule is COC(=O)c1cc(-c2ccccc2F)n2ccccc12. The van der Waals surface area contributed by atoms with E-state index in [4.69, 9.17) is 4.74 Å². The summed E-state index contributed by atoms with van der Waals surface area (Å²) in [4.78, 5) is 11.8. The average molecular weight is 269 g/mol. The lowest BCUT2D eigenvalue weighted by Crippen LogP contribution is -1.99. The molecule has 0 saturated heterocycles. The molecule has 0 radical (unpaired) electrons. The number of aromatic nitrogens is 1. The van der Waals surface area contributed by atoms with Gasteiger partial charge in [-0.3, -0.25) is 0 Å². The fourth-order valence-corrected chi connectivity index (χ4v) is 2.30. The second kappa shape index (κ2) is 4.81. The topological polar surface area (TPSA) is 30.7 Å². The van der Waals surface area contributed by atoms with Crippen LogP contribution in [-0.4, -0.2) is 17.5 Å². The van der Waals surface area contributed by atoms with Crippen molar-refractivity contribution in [3.8, 4) is 11.3 Å². The highest BCUT2D eigenvalue weighted by Gasteiger charge is 2.17. The number of nitrogens with zero attached hydrogens (tertiary/aromatic N) is 1. The second-order valence-corrected chi connectivity index (χ2v) is 4.37. The zero-order valence-electron chi connectivity index (χ0n) is 10.8. The van der Waals surface area contributed by atoms with Gasteiger partial charge in [-0.1, -0.05) is 18.2 Å². The lowest BCUT2D eigenvalue weighted by Gasteiger charge is -2.03. The number of methoxy groups -OCH3 is 1. The van der Waals surface area contributed by atoms with Gasteiger partial charge in [-0.15, -0.1) is 0 Å². The van der Waals surface area contributed by atoms with Crippen molar-refractivity contribution in [3.63, 3.8) is 0 Å². The summed E-state index contributed by atoms with van der Waals surface area (Å²) in [5, 5.41) is 0. The highest BCUT2D eigenvalue weighted by atomic mass is 19.1. The zero-order chi connectivity index (χ0) is 14.1. The third-order valence-electron chi connectivity index (χ3n) is 3.23. The first-order valence-corrected chi connectivity index (χ1v) is 6.15. The van der Waals surface area contributed by atoms with Crippen molar-refractivity contribution in [2.24, 2.45) is 0 Å². The van der Waals surface area contributed by atoms with Crippen LogP contribution in [-0.2, 0) is 4.74 Å². The van der Waals surface area contributed by atoms with E-state index in [1.807, 2.05) is 12.1 Å². The molecule has 2 heterocycles. The normalized spacial score (nSPS) is 10.7. The summed E-state index contributed by atoms with van der Waals surface area (Å²) in [7, 11) is 1.33. The van der Waals surface area contributed by atoms with E-state index in [-0.39, 0.29) is 5.82 Å². The van der Waals surface area contributed by atoms with Crippen LogP contribution in [0, 0.1) is 5.82 Å². The largest absolute Gasteiger partial charge is 0.465 e. The minimum Gasteiger partial charge on any atom is -0.465 e. The van der Waals surface area contributed by atoms with Crippen LogP contribution in [0.2, 0.25) is 0 Å². The third kappa shape index (κ3) is 1.86. The smallest absolute Gasteiger partial charge is 0.340 e. The Morgan fingerprint density at radius 1 is 1.15 bits per heavy atom. The number of pyridine rings is 1. The van der Waals surface area contributed by atoms with Crippen molar-refractivity contribution < 1.29 is 13.9 Å². The molecule has 1 aromatic carbocycles. The van der Waals surface area contributed by atoms with Crippen molar-refractivity contribution in [1.82, 2.24) is 4.40 Å². The molecule has 0 aliphatic rings. The molecule has 0 bridgehead atoms. The van der Waals surface area contributed by atoms with E-state index in [1.54, 1.807) is 40.9 Å². The molecule has 0 saturated carbocycles. The highest BCUT2D eigenvalue weighted by Crippen LogP contribution is 2.28. The van der Waals surface area contributed by atoms with Crippen LogP contribution >= 0.6 is 0 Å². The summed E-state index contributed by atoms with van der Waals surface area (Å²) in [6.07, 6.45) is 1.80. The molecule has 0 amide bonds. The lowest BCUT2D eigenvalue weighted by molar-refractivity contribution is 0.0603. The van der Waals surface area contributed by atoms with Gasteiger partial charge in [-0.2, -0.15) is 0 Å². The summed E-state index contributed by atoms with van der Waals surface area (Å²) in [5.74, 6) is -0.761. The highest BCUT2D eigenvalue weighted by molar-refractivity contribution is 5.99. The molecule has 0 unspecified atom stereocenters. The second-order valence-electron chi connectivity index (χ2n) is 4.37. The van der Waals surface area contributed by atoms with Gasteiger partial charge in [0.2, 0.25) is 0 Å². The first-order valence-electron chi connectivity index (χ1n) is 6.15. The lowest BCUT2D eigenvalue weighted by atomic mass is 10.1. The summed E-state index contributed by atoms with van der Waals surface area (Å²) in [6, 6.07) is 13.6. The number of ether oxygens (including phenoxy) is 1. The zero-order valence-corrected chi connectivity index (χ0v) is 10.8. The number of carbonyl (C=O) groups is 1. The number of rotatable bonds is 2. The molecule has 100 valence electrons. The predicted octanol–water partition coefficient (Wildman–Crippen LogP) is 3.53. The van der Waals surface area contributed by atoms with Crippen LogP contribution < -0.4 is 0 Å². The van der Waals surface area contributed by atoms with Crippen LogP contribution in [0.1, 0.15) is 10.4 Å². The Labute approximate surface area is 115 Å². The minimum absolute atomic E-state index is 0.327. The van der Waals surface area contributed by atoms with Gasteiger partial charge < -0.3 is 9.14 Å². The summed E-state index contributed by atoms with van der Waals surface area (Å²) >= 11 is 0. The van der Waals surface area contributed by atoms with E-state index in [0.29, 0.717) is 22.3 Å². The number of hydrogen-bond donors (Lipinski definition) is 0. The molecular weight excluding hydrogens is 257 g/mol. The number of halogens is 1. The molecule has 0 aliphatic heterocycles. The predicted molar refractivity (Wildman–Crippen MR) is 74.1 cm³/mol. The molecule has 4 heteroatoms. The molecule has 0 N–H and O–H groups in total. The Hall–Kier alpha value is -2.62. The molecule has 0 aliphatic carbocycles. The fourth-order valence-electron chi connectivity index (χ4n) is 2.30. The van der Waals surface area contributed by atoms with Crippen molar-refractivity contribution in [1.29, 1.82) is 0 Å². The number of esters is 1. The molecule has 3 aromatic rings. The molecule has 3 rings (SSSR count). The van der Waals surface area contributed by atoms with E-state index in [2.05, 4.69) is 0 Å². The number of carbonyl (C=O) groups excluding carboxylic acids is 1. The number of fused-ring (bicyclic) bond motifs is 1. The summed E-state index contributed by atoms with van der Waals surface area (Å²) in [5.41, 5.74) is 2.19. The Bertz CT molecular complexity index is 792. The van der Waals surface area contributed by atoms with Crippen LogP contribution in [0.4, 0.5) is 4.39 Å². The quantitative estimate of drug-likeness (QED) is 0.666. The van der Waals surface area contributed by atoms with Gasteiger partial charge in [0.15, 0.2) is 0 Å². The van der Waals surface area contributed by atoms with Crippen LogP contribution in [0.3, 0.4) is 0 Å². The molecule has 20 heavy (non-hydrogen) atoms. The van der Waals surface area contributed by atoms with Gasteiger partial charge in [-0.05, 0) is 30.3 Å². The maximum absolute atomic E-state index is 14.0. The fraction of sp³-hybridized carbons (Fsp3) is 0.0625. The van der Waals surface area contributed by atoms with E-state index in [0.717, 1.165) is 0 Å². The van der Waals surface area contributed by atoms with Gasteiger partial charge >= 0.3 is 5.97 Å². The van der Waals surface area contributed by atoms with Crippen LogP contribution in [0.15, 0.2) is 54.7 Å². The average Bonchev–Trinajstić information content (AvgIpc) is 2.86. The first kappa shape index (κ1) is 12.4. The maximum Gasteiger partial charge on any atom is 0.340 e. The Morgan fingerprint density at radius 2 is 1.90 bits per heavy atom. The molecule has 3 nitrogen and oxygen atoms in total. The Balaban J connectivity index is 2.32. The van der Waals surface area contributed by atoms with Crippen molar-refractivity contribution in [2.75, 3.05) is 7.11 Å². The maximum atomic E-state index is 14.0. The minimum atomic E-state index is -0.434. The van der Waals surface area contributed by atoms with Gasteiger partial charge in [0.1, 0.15) is 5.82 Å². The van der Waals surface area contributed by atoms with Crippen LogP contribution in [0.5, 0.6) is 0 Å². The summed E-state index contributed by atoms with van der Waals surface area (Å²) < 4.78 is 20.5. The standard InChI is InChI=1S/C16H12FNO2/c1-20-16(19)12-10-15(11-6-2-3-7-13(11)17)18-9-5-4-8-14(12)18/h2-10H,1H3. The molecule has 0 atom stereocenters. The third-order valence-corrected chi connectivity index (χ3v) is 3.23. The van der Waals surface area contributed by atoms with Crippen molar-refractivity contribution in [2.45, 2.75) is 0 Å². The van der Waals surface area contributed by atoms with Gasteiger partial charge in [0, 0.05) is 11.8 Å². The first-order chi connectivity index (χ1) is 9.72. The van der Waals surface area contributed by atoms with Gasteiger partial charge in [0.25, 0.3) is 0 Å². The molecule has 0 fully saturated rings. The van der Waals surface area contributed by atoms with E-state index < -0.39 is 5.97 Å². The van der Waals surface area contributed by atoms with Gasteiger partial charge in [0.05, 0.1) is 23.9 Å². The van der Waals surface area contributed by atoms with E-state index >= 15 is 0 Å². The molecular formula is C16H12FNO2. The number of hydrogen-bond acceptors (Lipinski definition) is 2. The molecule has 2 aromatic heterocycles. The van der Waals surface area contributed by atoms with Gasteiger partial charge in [-0.25, -0.2) is 9.18 Å². The summed E-state index contributed by atoms with van der Waals surface area (Å²) in [6.45, 7) is 0. The van der Waals surface area contributed by atoms with E-state index in [9.17, 15) is 9.18 Å². The Morgan fingerprint density at radius 3 is 2.65 bits per heavy atom. The van der Waals surface area contributed by atoms with E-state index in [1.165, 1.54) is 13.2 Å². The van der Waals surface area contributed by atoms with Crippen molar-refractivity contribution >= 4 is 11.5 Å². The Kier molecular flexibility index (Phi) is 2.99. The number of benzene rings is 1. The van der Waals surface area contributed by atoms with Crippen molar-refractivity contribution in [3.05, 3.63) is 66.1 Å². The monoisotopic (exact) mass is 269 g/mol.